The van der Waals surface area contributed by atoms with E-state index in [4.69, 9.17) is 4.74 Å². The molecule has 0 bridgehead atoms. The Morgan fingerprint density at radius 2 is 2.18 bits per heavy atom. The van der Waals surface area contributed by atoms with E-state index in [-0.39, 0.29) is 0 Å². The minimum atomic E-state index is 0.496. The molecule has 1 aromatic rings. The van der Waals surface area contributed by atoms with E-state index in [0.717, 1.165) is 19.0 Å². The Kier molecular flexibility index (Phi) is 4.80. The SMILES string of the molecule is Cc1ccnc(NCCOC2CCCCC2)c1. The van der Waals surface area contributed by atoms with Crippen molar-refractivity contribution in [2.45, 2.75) is 45.1 Å². The van der Waals surface area contributed by atoms with Crippen molar-refractivity contribution in [3.63, 3.8) is 0 Å². The highest BCUT2D eigenvalue weighted by molar-refractivity contribution is 5.36. The zero-order chi connectivity index (χ0) is 11.9. The van der Waals surface area contributed by atoms with Crippen molar-refractivity contribution < 1.29 is 4.74 Å². The van der Waals surface area contributed by atoms with Gasteiger partial charge >= 0.3 is 0 Å². The molecule has 17 heavy (non-hydrogen) atoms. The molecule has 2 rings (SSSR count). The molecular formula is C14H22N2O. The van der Waals surface area contributed by atoms with Crippen LogP contribution in [0.15, 0.2) is 18.3 Å². The summed E-state index contributed by atoms with van der Waals surface area (Å²) >= 11 is 0. The second-order valence-electron chi connectivity index (χ2n) is 4.78. The van der Waals surface area contributed by atoms with Crippen LogP contribution in [-0.4, -0.2) is 24.2 Å². The van der Waals surface area contributed by atoms with E-state index in [2.05, 4.69) is 23.3 Å². The van der Waals surface area contributed by atoms with Crippen molar-refractivity contribution in [3.05, 3.63) is 23.9 Å². The van der Waals surface area contributed by atoms with Crippen LogP contribution in [0.5, 0.6) is 0 Å². The highest BCUT2D eigenvalue weighted by Crippen LogP contribution is 2.19. The summed E-state index contributed by atoms with van der Waals surface area (Å²) in [6.07, 6.45) is 8.85. The number of ether oxygens (including phenoxy) is 1. The molecule has 0 radical (unpaired) electrons. The molecule has 1 N–H and O–H groups in total. The highest BCUT2D eigenvalue weighted by atomic mass is 16.5. The van der Waals surface area contributed by atoms with E-state index in [0.29, 0.717) is 6.10 Å². The van der Waals surface area contributed by atoms with Crippen LogP contribution in [0.3, 0.4) is 0 Å². The average molecular weight is 234 g/mol. The van der Waals surface area contributed by atoms with E-state index in [1.54, 1.807) is 0 Å². The first-order chi connectivity index (χ1) is 8.34. The maximum atomic E-state index is 5.84. The van der Waals surface area contributed by atoms with Gasteiger partial charge in [-0.05, 0) is 37.5 Å². The van der Waals surface area contributed by atoms with Crippen LogP contribution in [0.2, 0.25) is 0 Å². The molecule has 1 fully saturated rings. The smallest absolute Gasteiger partial charge is 0.126 e. The lowest BCUT2D eigenvalue weighted by Gasteiger charge is -2.22. The van der Waals surface area contributed by atoms with Gasteiger partial charge in [-0.3, -0.25) is 0 Å². The standard InChI is InChI=1S/C14H22N2O/c1-12-7-8-15-14(11-12)16-9-10-17-13-5-3-2-4-6-13/h7-8,11,13H,2-6,9-10H2,1H3,(H,15,16). The monoisotopic (exact) mass is 234 g/mol. The summed E-state index contributed by atoms with van der Waals surface area (Å²) < 4.78 is 5.84. The zero-order valence-electron chi connectivity index (χ0n) is 10.6. The average Bonchev–Trinajstić information content (AvgIpc) is 2.36. The lowest BCUT2D eigenvalue weighted by atomic mass is 9.98. The van der Waals surface area contributed by atoms with Crippen LogP contribution in [-0.2, 0) is 4.74 Å². The van der Waals surface area contributed by atoms with Crippen LogP contribution < -0.4 is 5.32 Å². The topological polar surface area (TPSA) is 34.2 Å². The number of hydrogen-bond donors (Lipinski definition) is 1. The fourth-order valence-corrected chi connectivity index (χ4v) is 2.27. The minimum Gasteiger partial charge on any atom is -0.376 e. The summed E-state index contributed by atoms with van der Waals surface area (Å²) in [6.45, 7) is 3.69. The van der Waals surface area contributed by atoms with E-state index in [9.17, 15) is 0 Å². The van der Waals surface area contributed by atoms with Crippen LogP contribution in [0, 0.1) is 6.92 Å². The molecule has 3 nitrogen and oxygen atoms in total. The Hall–Kier alpha value is -1.09. The fourth-order valence-electron chi connectivity index (χ4n) is 2.27. The molecular weight excluding hydrogens is 212 g/mol. The molecule has 3 heteroatoms. The van der Waals surface area contributed by atoms with Crippen LogP contribution >= 0.6 is 0 Å². The Balaban J connectivity index is 1.62. The third-order valence-electron chi connectivity index (χ3n) is 3.23. The van der Waals surface area contributed by atoms with Gasteiger partial charge in [0.05, 0.1) is 12.7 Å². The van der Waals surface area contributed by atoms with Crippen molar-refractivity contribution in [1.29, 1.82) is 0 Å². The zero-order valence-corrected chi connectivity index (χ0v) is 10.6. The molecule has 1 aliphatic carbocycles. The Morgan fingerprint density at radius 3 is 2.94 bits per heavy atom. The van der Waals surface area contributed by atoms with Crippen molar-refractivity contribution in [2.24, 2.45) is 0 Å². The number of pyridine rings is 1. The number of aromatic nitrogens is 1. The third kappa shape index (κ3) is 4.35. The molecule has 0 amide bonds. The Labute approximate surface area is 104 Å². The summed E-state index contributed by atoms with van der Waals surface area (Å²) in [7, 11) is 0. The maximum Gasteiger partial charge on any atom is 0.126 e. The van der Waals surface area contributed by atoms with Crippen LogP contribution in [0.25, 0.3) is 0 Å². The number of rotatable bonds is 5. The second-order valence-corrected chi connectivity index (χ2v) is 4.78. The van der Waals surface area contributed by atoms with E-state index in [1.807, 2.05) is 12.3 Å². The van der Waals surface area contributed by atoms with Gasteiger partial charge in [0.1, 0.15) is 5.82 Å². The summed E-state index contributed by atoms with van der Waals surface area (Å²) in [5.41, 5.74) is 1.23. The predicted octanol–water partition coefficient (Wildman–Crippen LogP) is 3.15. The number of nitrogens with one attached hydrogen (secondary N) is 1. The molecule has 0 saturated heterocycles. The molecule has 0 aliphatic heterocycles. The molecule has 1 aliphatic rings. The first-order valence-electron chi connectivity index (χ1n) is 6.63. The van der Waals surface area contributed by atoms with Gasteiger partial charge < -0.3 is 10.1 Å². The van der Waals surface area contributed by atoms with Gasteiger partial charge in [0.15, 0.2) is 0 Å². The van der Waals surface area contributed by atoms with Gasteiger partial charge in [-0.2, -0.15) is 0 Å². The number of nitrogens with zero attached hydrogens (tertiary/aromatic N) is 1. The van der Waals surface area contributed by atoms with Crippen molar-refractivity contribution in [3.8, 4) is 0 Å². The van der Waals surface area contributed by atoms with Crippen LogP contribution in [0.1, 0.15) is 37.7 Å². The molecule has 0 spiro atoms. The molecule has 94 valence electrons. The Bertz CT molecular complexity index is 335. The Morgan fingerprint density at radius 1 is 1.35 bits per heavy atom. The van der Waals surface area contributed by atoms with Crippen LogP contribution in [0.4, 0.5) is 5.82 Å². The molecule has 0 unspecified atom stereocenters. The molecule has 0 aromatic carbocycles. The molecule has 0 atom stereocenters. The third-order valence-corrected chi connectivity index (χ3v) is 3.23. The first-order valence-corrected chi connectivity index (χ1v) is 6.63. The van der Waals surface area contributed by atoms with Gasteiger partial charge in [-0.15, -0.1) is 0 Å². The molecule has 1 saturated carbocycles. The number of hydrogen-bond acceptors (Lipinski definition) is 3. The van der Waals surface area contributed by atoms with Gasteiger partial charge in [0.25, 0.3) is 0 Å². The maximum absolute atomic E-state index is 5.84. The molecule has 1 heterocycles. The van der Waals surface area contributed by atoms with Gasteiger partial charge in [-0.1, -0.05) is 19.3 Å². The minimum absolute atomic E-state index is 0.496. The van der Waals surface area contributed by atoms with E-state index >= 15 is 0 Å². The number of aryl methyl sites for hydroxylation is 1. The predicted molar refractivity (Wildman–Crippen MR) is 70.3 cm³/mol. The lowest BCUT2D eigenvalue weighted by molar-refractivity contribution is 0.0347. The normalized spacial score (nSPS) is 17.0. The highest BCUT2D eigenvalue weighted by Gasteiger charge is 2.12. The summed E-state index contributed by atoms with van der Waals surface area (Å²) in [4.78, 5) is 4.26. The van der Waals surface area contributed by atoms with Gasteiger partial charge in [-0.25, -0.2) is 4.98 Å². The van der Waals surface area contributed by atoms with E-state index < -0.39 is 0 Å². The quantitative estimate of drug-likeness (QED) is 0.795. The van der Waals surface area contributed by atoms with Crippen molar-refractivity contribution in [2.75, 3.05) is 18.5 Å². The second kappa shape index (κ2) is 6.60. The van der Waals surface area contributed by atoms with Crippen molar-refractivity contribution in [1.82, 2.24) is 4.98 Å². The lowest BCUT2D eigenvalue weighted by Crippen LogP contribution is -2.20. The first kappa shape index (κ1) is 12.4. The number of anilines is 1. The molecule has 1 aromatic heterocycles. The van der Waals surface area contributed by atoms with Gasteiger partial charge in [0, 0.05) is 12.7 Å². The summed E-state index contributed by atoms with van der Waals surface area (Å²) in [5.74, 6) is 0.942. The van der Waals surface area contributed by atoms with E-state index in [1.165, 1.54) is 37.7 Å². The van der Waals surface area contributed by atoms with Gasteiger partial charge in [0.2, 0.25) is 0 Å². The van der Waals surface area contributed by atoms with Crippen molar-refractivity contribution >= 4 is 5.82 Å². The summed E-state index contributed by atoms with van der Waals surface area (Å²) in [6, 6.07) is 4.06. The largest absolute Gasteiger partial charge is 0.376 e. The summed E-state index contributed by atoms with van der Waals surface area (Å²) in [5, 5.41) is 3.29. The fraction of sp³-hybridized carbons (Fsp3) is 0.643.